The van der Waals surface area contributed by atoms with Crippen molar-refractivity contribution in [2.45, 2.75) is 36.8 Å². The van der Waals surface area contributed by atoms with Crippen molar-refractivity contribution < 1.29 is 9.59 Å². The monoisotopic (exact) mass is 390 g/mol. The molecule has 4 nitrogen and oxygen atoms in total. The van der Waals surface area contributed by atoms with Crippen LogP contribution < -0.4 is 11.5 Å². The molecule has 0 aliphatic heterocycles. The van der Waals surface area contributed by atoms with Crippen molar-refractivity contribution in [3.8, 4) is 0 Å². The van der Waals surface area contributed by atoms with Gasteiger partial charge in [-0.2, -0.15) is 0 Å². The number of benzene rings is 2. The van der Waals surface area contributed by atoms with E-state index in [2.05, 4.69) is 0 Å². The molecule has 1 fully saturated rings. The molecule has 0 heterocycles. The third kappa shape index (κ3) is 3.19. The van der Waals surface area contributed by atoms with Crippen LogP contribution in [0.3, 0.4) is 0 Å². The van der Waals surface area contributed by atoms with Crippen LogP contribution in [0.1, 0.15) is 46.4 Å². The largest absolute Gasteiger partial charge is 0.317 e. The van der Waals surface area contributed by atoms with Gasteiger partial charge in [0.2, 0.25) is 0 Å². The van der Waals surface area contributed by atoms with E-state index in [9.17, 15) is 9.59 Å². The van der Waals surface area contributed by atoms with Crippen molar-refractivity contribution >= 4 is 34.8 Å². The van der Waals surface area contributed by atoms with Crippen LogP contribution in [0.25, 0.3) is 0 Å². The molecule has 1 aliphatic rings. The first-order chi connectivity index (χ1) is 12.3. The summed E-state index contributed by atoms with van der Waals surface area (Å²) in [6.45, 7) is 0. The summed E-state index contributed by atoms with van der Waals surface area (Å²) in [5.41, 5.74) is 11.0. The molecule has 0 saturated heterocycles. The molecular formula is C20H20Cl2N2O2. The Hall–Kier alpha value is -1.72. The molecule has 2 unspecified atom stereocenters. The highest BCUT2D eigenvalue weighted by atomic mass is 35.5. The van der Waals surface area contributed by atoms with Crippen molar-refractivity contribution in [2.75, 3.05) is 0 Å². The Bertz CT molecular complexity index is 764. The molecule has 3 rings (SSSR count). The van der Waals surface area contributed by atoms with Gasteiger partial charge in [0.25, 0.3) is 0 Å². The first kappa shape index (κ1) is 19.1. The lowest BCUT2D eigenvalue weighted by molar-refractivity contribution is 0.0586. The summed E-state index contributed by atoms with van der Waals surface area (Å²) in [6, 6.07) is 12.9. The molecule has 2 aromatic carbocycles. The lowest BCUT2D eigenvalue weighted by Crippen LogP contribution is -2.74. The summed E-state index contributed by atoms with van der Waals surface area (Å²) >= 11 is 11.8. The Morgan fingerprint density at radius 3 is 1.31 bits per heavy atom. The van der Waals surface area contributed by atoms with Crippen LogP contribution in [0.15, 0.2) is 48.5 Å². The minimum absolute atomic E-state index is 0.335. The topological polar surface area (TPSA) is 86.2 Å². The number of carbonyl (C=O) groups is 2. The second-order valence-electron chi connectivity index (χ2n) is 6.82. The molecular weight excluding hydrogens is 371 g/mol. The van der Waals surface area contributed by atoms with E-state index >= 15 is 0 Å². The fourth-order valence-electron chi connectivity index (χ4n) is 3.60. The van der Waals surface area contributed by atoms with Crippen LogP contribution >= 0.6 is 23.2 Å². The average Bonchev–Trinajstić information content (AvgIpc) is 2.64. The highest BCUT2D eigenvalue weighted by molar-refractivity contribution is 6.31. The van der Waals surface area contributed by atoms with Crippen LogP contribution in [0.5, 0.6) is 0 Å². The minimum Gasteiger partial charge on any atom is -0.317 e. The van der Waals surface area contributed by atoms with Gasteiger partial charge in [0.1, 0.15) is 11.1 Å². The number of carbonyl (C=O) groups excluding carboxylic acids is 2. The number of Topliss-reactive ketones (excluding diaryl/α,β-unsaturated/α-hetero) is 2. The molecule has 0 aromatic heterocycles. The smallest absolute Gasteiger partial charge is 0.185 e. The predicted molar refractivity (Wildman–Crippen MR) is 104 cm³/mol. The third-order valence-corrected chi connectivity index (χ3v) is 5.72. The van der Waals surface area contributed by atoms with Crippen molar-refractivity contribution in [3.63, 3.8) is 0 Å². The number of rotatable bonds is 4. The fraction of sp³-hybridized carbons (Fsp3) is 0.300. The van der Waals surface area contributed by atoms with Gasteiger partial charge in [-0.15, -0.1) is 0 Å². The van der Waals surface area contributed by atoms with E-state index in [0.717, 1.165) is 12.8 Å². The fourth-order valence-corrected chi connectivity index (χ4v) is 3.86. The molecule has 6 heteroatoms. The highest BCUT2D eigenvalue weighted by Gasteiger charge is 2.57. The van der Waals surface area contributed by atoms with Gasteiger partial charge < -0.3 is 11.5 Å². The number of hydrogen-bond acceptors (Lipinski definition) is 4. The molecule has 136 valence electrons. The van der Waals surface area contributed by atoms with Gasteiger partial charge in [-0.3, -0.25) is 9.59 Å². The van der Waals surface area contributed by atoms with Crippen LogP contribution in [0.4, 0.5) is 0 Å². The maximum atomic E-state index is 13.2. The second-order valence-corrected chi connectivity index (χ2v) is 7.69. The van der Waals surface area contributed by atoms with E-state index in [1.165, 1.54) is 0 Å². The molecule has 0 bridgehead atoms. The molecule has 0 spiro atoms. The molecule has 0 amide bonds. The maximum Gasteiger partial charge on any atom is 0.185 e. The number of hydrogen-bond donors (Lipinski definition) is 2. The van der Waals surface area contributed by atoms with Crippen molar-refractivity contribution in [2.24, 2.45) is 11.5 Å². The predicted octanol–water partition coefficient (Wildman–Crippen LogP) is 4.03. The summed E-state index contributed by atoms with van der Waals surface area (Å²) in [5, 5.41) is 1.04. The van der Waals surface area contributed by atoms with E-state index in [1.54, 1.807) is 48.5 Å². The Kier molecular flexibility index (Phi) is 5.22. The van der Waals surface area contributed by atoms with Crippen molar-refractivity contribution in [3.05, 3.63) is 69.7 Å². The lowest BCUT2D eigenvalue weighted by Gasteiger charge is -2.47. The van der Waals surface area contributed by atoms with Gasteiger partial charge in [0.15, 0.2) is 11.6 Å². The number of nitrogens with two attached hydrogens (primary N) is 2. The zero-order valence-electron chi connectivity index (χ0n) is 14.2. The molecule has 4 N–H and O–H groups in total. The van der Waals surface area contributed by atoms with Gasteiger partial charge in [-0.05, 0) is 61.4 Å². The minimum atomic E-state index is -1.48. The first-order valence-electron chi connectivity index (χ1n) is 8.46. The summed E-state index contributed by atoms with van der Waals surface area (Å²) in [7, 11) is 0. The first-order valence-corrected chi connectivity index (χ1v) is 9.22. The van der Waals surface area contributed by atoms with Gasteiger partial charge in [0, 0.05) is 21.2 Å². The van der Waals surface area contributed by atoms with E-state index < -0.39 is 11.1 Å². The molecule has 26 heavy (non-hydrogen) atoms. The van der Waals surface area contributed by atoms with Crippen molar-refractivity contribution in [1.82, 2.24) is 0 Å². The van der Waals surface area contributed by atoms with Crippen LogP contribution in [0.2, 0.25) is 10.0 Å². The normalized spacial score (nSPS) is 25.7. The average molecular weight is 391 g/mol. The molecule has 2 atom stereocenters. The second kappa shape index (κ2) is 7.12. The summed E-state index contributed by atoms with van der Waals surface area (Å²) in [4.78, 5) is 26.4. The molecule has 1 saturated carbocycles. The highest BCUT2D eigenvalue weighted by Crippen LogP contribution is 2.38. The third-order valence-electron chi connectivity index (χ3n) is 5.21. The molecule has 1 aliphatic carbocycles. The standard InChI is InChI=1S/C20H20Cl2N2O2/c21-15-7-3-13(4-8-15)17(25)19(23)11-1-2-12-20(19,24)18(26)14-5-9-16(22)10-6-14/h3-10H,1-2,11-12,23-24H2. The number of ketones is 2. The van der Waals surface area contributed by atoms with E-state index in [0.29, 0.717) is 34.0 Å². The van der Waals surface area contributed by atoms with Gasteiger partial charge in [0.05, 0.1) is 0 Å². The molecule has 2 aromatic rings. The SMILES string of the molecule is NC1(C(=O)c2ccc(Cl)cc2)CCCCC1(N)C(=O)c1ccc(Cl)cc1. The van der Waals surface area contributed by atoms with Gasteiger partial charge >= 0.3 is 0 Å². The Morgan fingerprint density at radius 2 is 1.00 bits per heavy atom. The molecule has 0 radical (unpaired) electrons. The van der Waals surface area contributed by atoms with Gasteiger partial charge in [-0.25, -0.2) is 0 Å². The van der Waals surface area contributed by atoms with E-state index in [4.69, 9.17) is 34.7 Å². The Labute approximate surface area is 162 Å². The van der Waals surface area contributed by atoms with Crippen molar-refractivity contribution in [1.29, 1.82) is 0 Å². The van der Waals surface area contributed by atoms with Crippen LogP contribution in [-0.4, -0.2) is 22.6 Å². The summed E-state index contributed by atoms with van der Waals surface area (Å²) in [5.74, 6) is -0.669. The Balaban J connectivity index is 2.02. The van der Waals surface area contributed by atoms with E-state index in [1.807, 2.05) is 0 Å². The van der Waals surface area contributed by atoms with Gasteiger partial charge in [-0.1, -0.05) is 36.0 Å². The summed E-state index contributed by atoms with van der Waals surface area (Å²) < 4.78 is 0. The lowest BCUT2D eigenvalue weighted by atomic mass is 9.62. The quantitative estimate of drug-likeness (QED) is 0.771. The van der Waals surface area contributed by atoms with Crippen LogP contribution in [0, 0.1) is 0 Å². The zero-order valence-corrected chi connectivity index (χ0v) is 15.7. The van der Waals surface area contributed by atoms with E-state index in [-0.39, 0.29) is 11.6 Å². The van der Waals surface area contributed by atoms with Crippen LogP contribution in [-0.2, 0) is 0 Å². The Morgan fingerprint density at radius 1 is 0.692 bits per heavy atom. The summed E-state index contributed by atoms with van der Waals surface area (Å²) in [6.07, 6.45) is 2.18. The zero-order chi connectivity index (χ0) is 18.9. The maximum absolute atomic E-state index is 13.2. The number of halogens is 2.